The first-order valence-electron chi connectivity index (χ1n) is 4.07. The highest BCUT2D eigenvalue weighted by atomic mass is 32.1. The minimum absolute atomic E-state index is 0. The highest BCUT2D eigenvalue weighted by molar-refractivity contribution is 7.59. The zero-order valence-corrected chi connectivity index (χ0v) is 11.4. The van der Waals surface area contributed by atoms with E-state index < -0.39 is 14.8 Å². The third-order valence-electron chi connectivity index (χ3n) is 1.93. The molecule has 0 bridgehead atoms. The number of hydrogen-bond donors (Lipinski definition) is 1. The van der Waals surface area contributed by atoms with Gasteiger partial charge in [0.2, 0.25) is 0 Å². The van der Waals surface area contributed by atoms with Crippen LogP contribution in [0.25, 0.3) is 0 Å². The van der Waals surface area contributed by atoms with Crippen LogP contribution in [0.3, 0.4) is 0 Å². The first-order valence-corrected chi connectivity index (χ1v) is 6.00. The van der Waals surface area contributed by atoms with E-state index >= 15 is 0 Å². The number of carboxylic acid groups (broad SMARTS) is 1. The van der Waals surface area contributed by atoms with E-state index in [1.165, 1.54) is 28.3 Å². The Morgan fingerprint density at radius 3 is 1.93 bits per heavy atom. The van der Waals surface area contributed by atoms with Crippen molar-refractivity contribution in [3.05, 3.63) is 11.6 Å². The maximum Gasteiger partial charge on any atom is 0.504 e. The molecule has 0 amide bonds. The molecule has 90 valence electrons. The monoisotopic (exact) mass is 254 g/mol. The molecule has 0 atom stereocenters. The van der Waals surface area contributed by atoms with Crippen molar-refractivity contribution in [3.8, 4) is 0 Å². The molecule has 0 aromatic carbocycles. The molecule has 0 heterocycles. The van der Waals surface area contributed by atoms with Crippen LogP contribution >= 0.6 is 13.5 Å². The van der Waals surface area contributed by atoms with Crippen molar-refractivity contribution in [1.29, 1.82) is 0 Å². The summed E-state index contributed by atoms with van der Waals surface area (Å²) in [4.78, 5) is 10.5. The average molecular weight is 254 g/mol. The van der Waals surface area contributed by atoms with Gasteiger partial charge in [0.15, 0.2) is 0 Å². The third kappa shape index (κ3) is 5.33. The first-order chi connectivity index (χ1) is 6.51. The molecule has 0 radical (unpaired) electrons. The van der Waals surface area contributed by atoms with Crippen LogP contribution in [0.15, 0.2) is 11.6 Å². The SMILES string of the molecule is CO[Si](CC=C(C)C(=O)O)(OC)OC.S. The van der Waals surface area contributed by atoms with Gasteiger partial charge in [-0.25, -0.2) is 4.79 Å². The Balaban J connectivity index is 0. The van der Waals surface area contributed by atoms with Crippen molar-refractivity contribution in [2.45, 2.75) is 13.0 Å². The normalized spacial score (nSPS) is 12.1. The third-order valence-corrected chi connectivity index (χ3v) is 4.50. The molecule has 0 saturated carbocycles. The summed E-state index contributed by atoms with van der Waals surface area (Å²) in [7, 11) is 1.80. The van der Waals surface area contributed by atoms with E-state index in [2.05, 4.69) is 0 Å². The van der Waals surface area contributed by atoms with Crippen molar-refractivity contribution >= 4 is 28.3 Å². The number of rotatable bonds is 6. The lowest BCUT2D eigenvalue weighted by molar-refractivity contribution is -0.132. The van der Waals surface area contributed by atoms with Crippen molar-refractivity contribution < 1.29 is 23.2 Å². The molecule has 1 N–H and O–H groups in total. The predicted octanol–water partition coefficient (Wildman–Crippen LogP) is 1.01. The van der Waals surface area contributed by atoms with Gasteiger partial charge in [0.1, 0.15) is 0 Å². The van der Waals surface area contributed by atoms with Crippen LogP contribution in [0.2, 0.25) is 6.04 Å². The second kappa shape index (κ2) is 7.89. The van der Waals surface area contributed by atoms with E-state index in [9.17, 15) is 4.79 Å². The zero-order chi connectivity index (χ0) is 11.2. The summed E-state index contributed by atoms with van der Waals surface area (Å²) in [5.74, 6) is -0.948. The lowest BCUT2D eigenvalue weighted by Gasteiger charge is -2.22. The summed E-state index contributed by atoms with van der Waals surface area (Å²) in [6, 6.07) is 0.356. The molecule has 0 fully saturated rings. The quantitative estimate of drug-likeness (QED) is 0.566. The van der Waals surface area contributed by atoms with Gasteiger partial charge in [-0.1, -0.05) is 6.08 Å². The fraction of sp³-hybridized carbons (Fsp3) is 0.625. The van der Waals surface area contributed by atoms with Gasteiger partial charge in [-0.2, -0.15) is 13.5 Å². The molecule has 0 unspecified atom stereocenters. The maximum atomic E-state index is 10.5. The summed E-state index contributed by atoms with van der Waals surface area (Å²) >= 11 is 0. The van der Waals surface area contributed by atoms with Crippen molar-refractivity contribution in [2.75, 3.05) is 21.3 Å². The highest BCUT2D eigenvalue weighted by Gasteiger charge is 2.36. The molecular weight excluding hydrogens is 236 g/mol. The van der Waals surface area contributed by atoms with Crippen LogP contribution in [-0.2, 0) is 18.1 Å². The fourth-order valence-corrected chi connectivity index (χ4v) is 2.42. The zero-order valence-electron chi connectivity index (χ0n) is 9.36. The van der Waals surface area contributed by atoms with Gasteiger partial charge in [0, 0.05) is 32.9 Å². The summed E-state index contributed by atoms with van der Waals surface area (Å²) < 4.78 is 15.4. The lowest BCUT2D eigenvalue weighted by atomic mass is 10.3. The minimum Gasteiger partial charge on any atom is -0.478 e. The molecule has 0 aliphatic rings. The topological polar surface area (TPSA) is 65.0 Å². The maximum absolute atomic E-state index is 10.5. The molecule has 0 aromatic heterocycles. The van der Waals surface area contributed by atoms with Crippen LogP contribution in [0.5, 0.6) is 0 Å². The Labute approximate surface area is 97.8 Å². The Morgan fingerprint density at radius 2 is 1.67 bits per heavy atom. The van der Waals surface area contributed by atoms with E-state index in [1.807, 2.05) is 0 Å². The molecular formula is C8H18O5SSi. The lowest BCUT2D eigenvalue weighted by Crippen LogP contribution is -2.42. The number of aliphatic carboxylic acids is 1. The van der Waals surface area contributed by atoms with Crippen LogP contribution < -0.4 is 0 Å². The van der Waals surface area contributed by atoms with E-state index in [4.69, 9.17) is 18.4 Å². The molecule has 5 nitrogen and oxygen atoms in total. The van der Waals surface area contributed by atoms with Crippen LogP contribution in [0.4, 0.5) is 0 Å². The first kappa shape index (κ1) is 17.1. The average Bonchev–Trinajstić information content (AvgIpc) is 2.20. The number of carboxylic acids is 1. The molecule has 0 aliphatic heterocycles. The van der Waals surface area contributed by atoms with Gasteiger partial charge in [0.05, 0.1) is 0 Å². The van der Waals surface area contributed by atoms with E-state index in [0.717, 1.165) is 0 Å². The number of carbonyl (C=O) groups is 1. The molecule has 0 spiro atoms. The van der Waals surface area contributed by atoms with Crippen LogP contribution in [0.1, 0.15) is 6.92 Å². The fourth-order valence-electron chi connectivity index (χ4n) is 0.865. The Kier molecular flexibility index (Phi) is 8.97. The standard InChI is InChI=1S/C8H16O5Si.H2S/c1-7(8(9)10)5-6-14(11-2,12-3)13-4;/h5H,6H2,1-4H3,(H,9,10);1H2. The van der Waals surface area contributed by atoms with Crippen molar-refractivity contribution in [1.82, 2.24) is 0 Å². The van der Waals surface area contributed by atoms with Gasteiger partial charge in [-0.05, 0) is 6.92 Å². The summed E-state index contributed by atoms with van der Waals surface area (Å²) in [6.45, 7) is 1.52. The van der Waals surface area contributed by atoms with Gasteiger partial charge >= 0.3 is 14.8 Å². The molecule has 0 saturated heterocycles. The van der Waals surface area contributed by atoms with Crippen LogP contribution in [0, 0.1) is 0 Å². The van der Waals surface area contributed by atoms with E-state index in [1.54, 1.807) is 6.08 Å². The second-order valence-corrected chi connectivity index (χ2v) is 5.69. The Morgan fingerprint density at radius 1 is 1.27 bits per heavy atom. The van der Waals surface area contributed by atoms with Gasteiger partial charge in [-0.3, -0.25) is 0 Å². The molecule has 0 aromatic rings. The summed E-state index contributed by atoms with van der Waals surface area (Å²) in [5.41, 5.74) is 0.257. The van der Waals surface area contributed by atoms with Gasteiger partial charge in [-0.15, -0.1) is 0 Å². The van der Waals surface area contributed by atoms with Gasteiger partial charge < -0.3 is 18.4 Å². The second-order valence-electron chi connectivity index (χ2n) is 2.69. The van der Waals surface area contributed by atoms with Gasteiger partial charge in [0.25, 0.3) is 0 Å². The largest absolute Gasteiger partial charge is 0.504 e. The smallest absolute Gasteiger partial charge is 0.478 e. The Bertz CT molecular complexity index is 219. The molecule has 7 heteroatoms. The number of allylic oxidation sites excluding steroid dienone is 1. The van der Waals surface area contributed by atoms with Crippen LogP contribution in [-0.4, -0.2) is 41.2 Å². The number of hydrogen-bond acceptors (Lipinski definition) is 4. The molecule has 0 rings (SSSR count). The van der Waals surface area contributed by atoms with E-state index in [-0.39, 0.29) is 19.1 Å². The summed E-state index contributed by atoms with van der Waals surface area (Å²) in [6.07, 6.45) is 1.55. The highest BCUT2D eigenvalue weighted by Crippen LogP contribution is 2.14. The molecule has 15 heavy (non-hydrogen) atoms. The predicted molar refractivity (Wildman–Crippen MR) is 63.4 cm³/mol. The van der Waals surface area contributed by atoms with Crippen molar-refractivity contribution in [2.24, 2.45) is 0 Å². The summed E-state index contributed by atoms with van der Waals surface area (Å²) in [5, 5.41) is 8.62. The Hall–Kier alpha value is -0.343. The molecule has 0 aliphatic carbocycles. The van der Waals surface area contributed by atoms with E-state index in [0.29, 0.717) is 6.04 Å². The minimum atomic E-state index is -2.67. The van der Waals surface area contributed by atoms with Crippen molar-refractivity contribution in [3.63, 3.8) is 0 Å².